The molecule has 1 amide bonds. The summed E-state index contributed by atoms with van der Waals surface area (Å²) in [5.41, 5.74) is 4.32. The zero-order valence-electron chi connectivity index (χ0n) is 15.8. The highest BCUT2D eigenvalue weighted by molar-refractivity contribution is 6.03. The molecule has 0 aliphatic heterocycles. The standard InChI is InChI=1S/C21H20N4O3/c1-13-8-14(2)10-17(9-13)24-19-11-18(22-12-23-19)20(26)25-16-6-4-15(5-7-16)21(27)28-3/h4-12H,1-3H3,(H,25,26)(H,22,23,24). The number of methoxy groups -OCH3 is 1. The van der Waals surface area contributed by atoms with Gasteiger partial charge in [0.15, 0.2) is 0 Å². The molecule has 0 bridgehead atoms. The molecule has 2 aromatic carbocycles. The molecule has 0 saturated heterocycles. The van der Waals surface area contributed by atoms with Crippen molar-refractivity contribution in [2.45, 2.75) is 13.8 Å². The van der Waals surface area contributed by atoms with Gasteiger partial charge in [0.1, 0.15) is 17.8 Å². The van der Waals surface area contributed by atoms with Crippen LogP contribution in [0.15, 0.2) is 54.9 Å². The van der Waals surface area contributed by atoms with Gasteiger partial charge < -0.3 is 15.4 Å². The van der Waals surface area contributed by atoms with E-state index in [0.717, 1.165) is 16.8 Å². The number of carbonyl (C=O) groups excluding carboxylic acids is 2. The van der Waals surface area contributed by atoms with Crippen LogP contribution in [0, 0.1) is 13.8 Å². The summed E-state index contributed by atoms with van der Waals surface area (Å²) in [4.78, 5) is 32.1. The summed E-state index contributed by atoms with van der Waals surface area (Å²) in [6.45, 7) is 4.03. The van der Waals surface area contributed by atoms with Crippen LogP contribution >= 0.6 is 0 Å². The Hall–Kier alpha value is -3.74. The van der Waals surface area contributed by atoms with Gasteiger partial charge in [-0.15, -0.1) is 0 Å². The van der Waals surface area contributed by atoms with E-state index in [2.05, 4.69) is 31.4 Å². The fourth-order valence-electron chi connectivity index (χ4n) is 2.75. The van der Waals surface area contributed by atoms with E-state index >= 15 is 0 Å². The summed E-state index contributed by atoms with van der Waals surface area (Å²) in [6, 6.07) is 14.1. The first-order valence-electron chi connectivity index (χ1n) is 8.62. The van der Waals surface area contributed by atoms with Crippen LogP contribution in [-0.2, 0) is 4.74 Å². The first kappa shape index (κ1) is 19.0. The molecule has 3 rings (SSSR count). The number of amides is 1. The maximum atomic E-state index is 12.5. The quantitative estimate of drug-likeness (QED) is 0.657. The molecule has 0 spiro atoms. The lowest BCUT2D eigenvalue weighted by atomic mass is 10.1. The average Bonchev–Trinajstić information content (AvgIpc) is 2.67. The molecule has 0 aliphatic rings. The van der Waals surface area contributed by atoms with Crippen molar-refractivity contribution in [3.63, 3.8) is 0 Å². The fourth-order valence-corrected chi connectivity index (χ4v) is 2.75. The number of nitrogens with one attached hydrogen (secondary N) is 2. The third-order valence-electron chi connectivity index (χ3n) is 3.96. The lowest BCUT2D eigenvalue weighted by molar-refractivity contribution is 0.0600. The molecule has 0 unspecified atom stereocenters. The van der Waals surface area contributed by atoms with Crippen LogP contribution in [0.4, 0.5) is 17.2 Å². The molecule has 7 nitrogen and oxygen atoms in total. The third kappa shape index (κ3) is 4.70. The van der Waals surface area contributed by atoms with Crippen LogP contribution in [-0.4, -0.2) is 29.0 Å². The number of aromatic nitrogens is 2. The Kier molecular flexibility index (Phi) is 5.64. The van der Waals surface area contributed by atoms with Crippen LogP contribution in [0.1, 0.15) is 32.0 Å². The summed E-state index contributed by atoms with van der Waals surface area (Å²) in [5.74, 6) is -0.293. The van der Waals surface area contributed by atoms with Gasteiger partial charge in [-0.2, -0.15) is 0 Å². The summed E-state index contributed by atoms with van der Waals surface area (Å²) < 4.78 is 4.65. The summed E-state index contributed by atoms with van der Waals surface area (Å²) in [5, 5.41) is 5.93. The van der Waals surface area contributed by atoms with E-state index in [4.69, 9.17) is 0 Å². The molecule has 2 N–H and O–H groups in total. The topological polar surface area (TPSA) is 93.2 Å². The minimum Gasteiger partial charge on any atom is -0.465 e. The fraction of sp³-hybridized carbons (Fsp3) is 0.143. The smallest absolute Gasteiger partial charge is 0.337 e. The van der Waals surface area contributed by atoms with Crippen molar-refractivity contribution in [1.82, 2.24) is 9.97 Å². The Morgan fingerprint density at radius 3 is 2.21 bits per heavy atom. The summed E-state index contributed by atoms with van der Waals surface area (Å²) in [7, 11) is 1.32. The van der Waals surface area contributed by atoms with E-state index in [1.807, 2.05) is 26.0 Å². The van der Waals surface area contributed by atoms with E-state index in [-0.39, 0.29) is 11.6 Å². The lowest BCUT2D eigenvalue weighted by Crippen LogP contribution is -2.14. The number of hydrogen-bond acceptors (Lipinski definition) is 6. The first-order valence-corrected chi connectivity index (χ1v) is 8.62. The van der Waals surface area contributed by atoms with E-state index in [9.17, 15) is 9.59 Å². The maximum absolute atomic E-state index is 12.5. The van der Waals surface area contributed by atoms with Gasteiger partial charge in [-0.25, -0.2) is 14.8 Å². The largest absolute Gasteiger partial charge is 0.465 e. The number of rotatable bonds is 5. The van der Waals surface area contributed by atoms with Crippen molar-refractivity contribution in [1.29, 1.82) is 0 Å². The van der Waals surface area contributed by atoms with E-state index in [1.54, 1.807) is 30.3 Å². The van der Waals surface area contributed by atoms with E-state index in [1.165, 1.54) is 13.4 Å². The number of benzene rings is 2. The molecule has 0 fully saturated rings. The van der Waals surface area contributed by atoms with Crippen molar-refractivity contribution in [2.75, 3.05) is 17.7 Å². The molecule has 1 heterocycles. The number of esters is 1. The zero-order valence-corrected chi connectivity index (χ0v) is 15.8. The monoisotopic (exact) mass is 376 g/mol. The number of anilines is 3. The Balaban J connectivity index is 1.72. The lowest BCUT2D eigenvalue weighted by Gasteiger charge is -2.09. The molecule has 28 heavy (non-hydrogen) atoms. The number of aryl methyl sites for hydroxylation is 2. The van der Waals surface area contributed by atoms with Gasteiger partial charge in [-0.3, -0.25) is 4.79 Å². The molecule has 0 radical (unpaired) electrons. The highest BCUT2D eigenvalue weighted by Gasteiger charge is 2.11. The predicted octanol–water partition coefficient (Wildman–Crippen LogP) is 3.88. The second kappa shape index (κ2) is 8.30. The Bertz CT molecular complexity index is 996. The molecule has 142 valence electrons. The molecule has 3 aromatic rings. The van der Waals surface area contributed by atoms with Crippen LogP contribution in [0.2, 0.25) is 0 Å². The Morgan fingerprint density at radius 1 is 0.893 bits per heavy atom. The second-order valence-corrected chi connectivity index (χ2v) is 6.31. The van der Waals surface area contributed by atoms with Crippen LogP contribution in [0.3, 0.4) is 0 Å². The molecular weight excluding hydrogens is 356 g/mol. The third-order valence-corrected chi connectivity index (χ3v) is 3.96. The number of ether oxygens (including phenoxy) is 1. The second-order valence-electron chi connectivity index (χ2n) is 6.31. The summed E-state index contributed by atoms with van der Waals surface area (Å²) in [6.07, 6.45) is 1.33. The van der Waals surface area contributed by atoms with Gasteiger partial charge in [-0.05, 0) is 61.4 Å². The SMILES string of the molecule is COC(=O)c1ccc(NC(=O)c2cc(Nc3cc(C)cc(C)c3)ncn2)cc1. The van der Waals surface area contributed by atoms with Gasteiger partial charge in [0.05, 0.1) is 12.7 Å². The molecule has 7 heteroatoms. The van der Waals surface area contributed by atoms with Crippen LogP contribution < -0.4 is 10.6 Å². The summed E-state index contributed by atoms with van der Waals surface area (Å²) >= 11 is 0. The Morgan fingerprint density at radius 2 is 1.57 bits per heavy atom. The van der Waals surface area contributed by atoms with Crippen molar-refractivity contribution >= 4 is 29.1 Å². The minimum atomic E-state index is -0.434. The van der Waals surface area contributed by atoms with Gasteiger partial charge in [-0.1, -0.05) is 6.07 Å². The average molecular weight is 376 g/mol. The van der Waals surface area contributed by atoms with Crippen molar-refractivity contribution in [3.05, 3.63) is 77.2 Å². The molecule has 0 atom stereocenters. The number of nitrogens with zero attached hydrogens (tertiary/aromatic N) is 2. The van der Waals surface area contributed by atoms with Gasteiger partial charge >= 0.3 is 5.97 Å². The van der Waals surface area contributed by atoms with Gasteiger partial charge in [0.25, 0.3) is 5.91 Å². The minimum absolute atomic E-state index is 0.221. The maximum Gasteiger partial charge on any atom is 0.337 e. The highest BCUT2D eigenvalue weighted by atomic mass is 16.5. The van der Waals surface area contributed by atoms with Crippen molar-refractivity contribution < 1.29 is 14.3 Å². The highest BCUT2D eigenvalue weighted by Crippen LogP contribution is 2.19. The van der Waals surface area contributed by atoms with E-state index in [0.29, 0.717) is 17.1 Å². The number of hydrogen-bond donors (Lipinski definition) is 2. The van der Waals surface area contributed by atoms with Crippen molar-refractivity contribution in [3.8, 4) is 0 Å². The van der Waals surface area contributed by atoms with Crippen LogP contribution in [0.25, 0.3) is 0 Å². The van der Waals surface area contributed by atoms with E-state index < -0.39 is 5.97 Å². The van der Waals surface area contributed by atoms with Gasteiger partial charge in [0.2, 0.25) is 0 Å². The van der Waals surface area contributed by atoms with Crippen LogP contribution in [0.5, 0.6) is 0 Å². The normalized spacial score (nSPS) is 10.2. The van der Waals surface area contributed by atoms with Gasteiger partial charge in [0, 0.05) is 17.4 Å². The molecule has 1 aromatic heterocycles. The van der Waals surface area contributed by atoms with Crippen molar-refractivity contribution in [2.24, 2.45) is 0 Å². The number of carbonyl (C=O) groups is 2. The Labute approximate surface area is 162 Å². The molecule has 0 aliphatic carbocycles. The first-order chi connectivity index (χ1) is 13.4. The molecular formula is C21H20N4O3. The molecule has 0 saturated carbocycles. The zero-order chi connectivity index (χ0) is 20.1. The predicted molar refractivity (Wildman–Crippen MR) is 107 cm³/mol.